The van der Waals surface area contributed by atoms with Gasteiger partial charge in [-0.25, -0.2) is 4.39 Å². The van der Waals surface area contributed by atoms with E-state index in [-0.39, 0.29) is 41.8 Å². The summed E-state index contributed by atoms with van der Waals surface area (Å²) in [6.45, 7) is 3.16. The van der Waals surface area contributed by atoms with E-state index in [1.807, 2.05) is 0 Å². The summed E-state index contributed by atoms with van der Waals surface area (Å²) in [6.07, 6.45) is -0.190. The van der Waals surface area contributed by atoms with Crippen LogP contribution < -0.4 is 4.90 Å². The maximum atomic E-state index is 13.8. The summed E-state index contributed by atoms with van der Waals surface area (Å²) in [5.74, 6) is -1.17. The minimum atomic E-state index is -0.344. The lowest BCUT2D eigenvalue weighted by Crippen LogP contribution is -2.30. The number of rotatable bonds is 3. The molecule has 0 saturated carbocycles. The number of aliphatic hydroxyl groups is 1. The molecule has 5 heteroatoms. The highest BCUT2D eigenvalue weighted by atomic mass is 19.1. The zero-order chi connectivity index (χ0) is 18.1. The second-order valence-electron chi connectivity index (χ2n) is 6.14. The molecule has 0 unspecified atom stereocenters. The molecule has 128 valence electrons. The van der Waals surface area contributed by atoms with Crippen molar-refractivity contribution < 1.29 is 19.1 Å². The van der Waals surface area contributed by atoms with Gasteiger partial charge in [-0.2, -0.15) is 0 Å². The fourth-order valence-corrected chi connectivity index (χ4v) is 2.92. The lowest BCUT2D eigenvalue weighted by Gasteiger charge is -2.23. The van der Waals surface area contributed by atoms with E-state index in [1.165, 1.54) is 17.9 Å². The number of hydrogen-bond donors (Lipinski definition) is 1. The summed E-state index contributed by atoms with van der Waals surface area (Å²) < 4.78 is 13.8. The maximum absolute atomic E-state index is 13.8. The molecule has 0 fully saturated rings. The van der Waals surface area contributed by atoms with E-state index in [1.54, 1.807) is 43.3 Å². The molecule has 4 nitrogen and oxygen atoms in total. The lowest BCUT2D eigenvalue weighted by molar-refractivity contribution is -0.120. The molecule has 2 aromatic rings. The third kappa shape index (κ3) is 3.18. The number of aliphatic hydroxyl groups excluding tert-OH is 1. The third-order valence-electron chi connectivity index (χ3n) is 4.37. The van der Waals surface area contributed by atoms with Crippen molar-refractivity contribution in [2.24, 2.45) is 0 Å². The number of benzene rings is 2. The molecule has 1 N–H and O–H groups in total. The van der Waals surface area contributed by atoms with E-state index >= 15 is 0 Å². The molecular formula is C20H18FNO3. The van der Waals surface area contributed by atoms with Gasteiger partial charge in [-0.3, -0.25) is 9.59 Å². The van der Waals surface area contributed by atoms with Gasteiger partial charge >= 0.3 is 0 Å². The number of carbonyl (C=O) groups excluding carboxylic acids is 2. The van der Waals surface area contributed by atoms with E-state index in [0.29, 0.717) is 22.4 Å². The Hall–Kier alpha value is -2.95. The quantitative estimate of drug-likeness (QED) is 0.922. The largest absolute Gasteiger partial charge is 0.507 e. The SMILES string of the molecule is CC(=O)C1=C(O)c2ccccc2N(Cc2ccc(C)c(F)c2)C(=O)C1. The summed E-state index contributed by atoms with van der Waals surface area (Å²) in [7, 11) is 0. The number of carbonyl (C=O) groups is 2. The van der Waals surface area contributed by atoms with Crippen LogP contribution in [0.2, 0.25) is 0 Å². The van der Waals surface area contributed by atoms with Crippen molar-refractivity contribution in [1.29, 1.82) is 0 Å². The van der Waals surface area contributed by atoms with Crippen LogP contribution >= 0.6 is 0 Å². The first-order valence-electron chi connectivity index (χ1n) is 7.96. The predicted molar refractivity (Wildman–Crippen MR) is 93.6 cm³/mol. The first-order chi connectivity index (χ1) is 11.9. The number of para-hydroxylation sites is 1. The van der Waals surface area contributed by atoms with Gasteiger partial charge in [0, 0.05) is 11.1 Å². The van der Waals surface area contributed by atoms with Crippen LogP contribution in [0.15, 0.2) is 48.0 Å². The molecule has 0 aromatic heterocycles. The van der Waals surface area contributed by atoms with Crippen molar-refractivity contribution in [3.05, 3.63) is 70.5 Å². The molecule has 0 saturated heterocycles. The van der Waals surface area contributed by atoms with Crippen molar-refractivity contribution >= 4 is 23.1 Å². The van der Waals surface area contributed by atoms with Gasteiger partial charge in [-0.05, 0) is 43.2 Å². The molecule has 2 aromatic carbocycles. The molecule has 1 aliphatic rings. The van der Waals surface area contributed by atoms with E-state index in [4.69, 9.17) is 0 Å². The van der Waals surface area contributed by atoms with Crippen LogP contribution in [0.3, 0.4) is 0 Å². The van der Waals surface area contributed by atoms with Gasteiger partial charge in [-0.15, -0.1) is 0 Å². The van der Waals surface area contributed by atoms with Gasteiger partial charge in [0.2, 0.25) is 5.91 Å². The van der Waals surface area contributed by atoms with E-state index in [2.05, 4.69) is 0 Å². The molecule has 0 aliphatic carbocycles. The van der Waals surface area contributed by atoms with Crippen molar-refractivity contribution in [1.82, 2.24) is 0 Å². The molecule has 1 amide bonds. The number of amides is 1. The van der Waals surface area contributed by atoms with Gasteiger partial charge in [0.05, 0.1) is 18.7 Å². The molecular weight excluding hydrogens is 321 g/mol. The fourth-order valence-electron chi connectivity index (χ4n) is 2.92. The van der Waals surface area contributed by atoms with Crippen molar-refractivity contribution in [2.45, 2.75) is 26.8 Å². The minimum Gasteiger partial charge on any atom is -0.507 e. The fraction of sp³-hybridized carbons (Fsp3) is 0.200. The Kier molecular flexibility index (Phi) is 4.40. The molecule has 0 spiro atoms. The van der Waals surface area contributed by atoms with Crippen LogP contribution in [0.25, 0.3) is 5.76 Å². The lowest BCUT2D eigenvalue weighted by atomic mass is 10.0. The van der Waals surface area contributed by atoms with Crippen LogP contribution in [0.1, 0.15) is 30.0 Å². The molecule has 1 aliphatic heterocycles. The second kappa shape index (κ2) is 6.51. The highest BCUT2D eigenvalue weighted by Gasteiger charge is 2.29. The monoisotopic (exact) mass is 339 g/mol. The second-order valence-corrected chi connectivity index (χ2v) is 6.14. The van der Waals surface area contributed by atoms with Gasteiger partial charge in [0.1, 0.15) is 11.6 Å². The molecule has 25 heavy (non-hydrogen) atoms. The Bertz CT molecular complexity index is 902. The number of aryl methyl sites for hydroxylation is 1. The summed E-state index contributed by atoms with van der Waals surface area (Å²) >= 11 is 0. The number of fused-ring (bicyclic) bond motifs is 1. The Balaban J connectivity index is 2.07. The average molecular weight is 339 g/mol. The number of hydrogen-bond acceptors (Lipinski definition) is 3. The van der Waals surface area contributed by atoms with E-state index in [0.717, 1.165) is 0 Å². The van der Waals surface area contributed by atoms with Crippen LogP contribution in [-0.2, 0) is 16.1 Å². The third-order valence-corrected chi connectivity index (χ3v) is 4.37. The number of halogens is 1. The van der Waals surface area contributed by atoms with Gasteiger partial charge < -0.3 is 10.0 Å². The van der Waals surface area contributed by atoms with Gasteiger partial charge in [-0.1, -0.05) is 24.3 Å². The van der Waals surface area contributed by atoms with Crippen LogP contribution in [0.4, 0.5) is 10.1 Å². The zero-order valence-corrected chi connectivity index (χ0v) is 14.0. The van der Waals surface area contributed by atoms with Crippen LogP contribution in [0.5, 0.6) is 0 Å². The van der Waals surface area contributed by atoms with Crippen molar-refractivity contribution in [2.75, 3.05) is 4.90 Å². The predicted octanol–water partition coefficient (Wildman–Crippen LogP) is 3.93. The number of nitrogens with zero attached hydrogens (tertiary/aromatic N) is 1. The number of ketones is 1. The topological polar surface area (TPSA) is 57.6 Å². The number of anilines is 1. The maximum Gasteiger partial charge on any atom is 0.232 e. The summed E-state index contributed by atoms with van der Waals surface area (Å²) in [4.78, 5) is 26.0. The molecule has 0 radical (unpaired) electrons. The van der Waals surface area contributed by atoms with Gasteiger partial charge in [0.15, 0.2) is 5.78 Å². The van der Waals surface area contributed by atoms with Crippen molar-refractivity contribution in [3.8, 4) is 0 Å². The Morgan fingerprint density at radius 3 is 2.64 bits per heavy atom. The molecule has 0 atom stereocenters. The molecule has 3 rings (SSSR count). The van der Waals surface area contributed by atoms with E-state index in [9.17, 15) is 19.1 Å². The van der Waals surface area contributed by atoms with E-state index < -0.39 is 0 Å². The minimum absolute atomic E-state index is 0.0926. The normalized spacial score (nSPS) is 14.4. The average Bonchev–Trinajstić information content (AvgIpc) is 2.69. The van der Waals surface area contributed by atoms with Crippen LogP contribution in [0, 0.1) is 12.7 Å². The summed E-state index contributed by atoms with van der Waals surface area (Å²) in [6, 6.07) is 11.7. The highest BCUT2D eigenvalue weighted by molar-refractivity contribution is 6.10. The van der Waals surface area contributed by atoms with Crippen molar-refractivity contribution in [3.63, 3.8) is 0 Å². The van der Waals surface area contributed by atoms with Crippen LogP contribution in [-0.4, -0.2) is 16.8 Å². The van der Waals surface area contributed by atoms with Gasteiger partial charge in [0.25, 0.3) is 0 Å². The Morgan fingerprint density at radius 2 is 1.96 bits per heavy atom. The summed E-state index contributed by atoms with van der Waals surface area (Å²) in [5, 5.41) is 10.5. The zero-order valence-electron chi connectivity index (χ0n) is 14.0. The smallest absolute Gasteiger partial charge is 0.232 e. The number of Topliss-reactive ketones (excluding diaryl/α,β-unsaturated/α-hetero) is 1. The Labute approximate surface area is 145 Å². The molecule has 1 heterocycles. The highest BCUT2D eigenvalue weighted by Crippen LogP contribution is 2.34. The standard InChI is InChI=1S/C20H18FNO3/c1-12-7-8-14(9-17(12)21)11-22-18-6-4-3-5-15(18)20(25)16(13(2)23)10-19(22)24/h3-9,25H,10-11H2,1-2H3. The first kappa shape index (κ1) is 16.9. The summed E-state index contributed by atoms with van der Waals surface area (Å²) in [5.41, 5.74) is 2.19. The Morgan fingerprint density at radius 1 is 1.24 bits per heavy atom. The first-order valence-corrected chi connectivity index (χ1v) is 7.96. The molecule has 0 bridgehead atoms.